The molecule has 1 amide bonds. The van der Waals surface area contributed by atoms with Gasteiger partial charge in [0, 0.05) is 12.2 Å². The fraction of sp³-hybridized carbons (Fsp3) is 0.533. The second-order valence-corrected chi connectivity index (χ2v) is 6.16. The Balaban J connectivity index is 0.00000220. The largest absolute Gasteiger partial charge is 0.489 e. The summed E-state index contributed by atoms with van der Waals surface area (Å²) in [4.78, 5) is 12.3. The average molecular weight is 333 g/mol. The predicted octanol–water partition coefficient (Wildman–Crippen LogP) is 3.49. The third-order valence-corrected chi connectivity index (χ3v) is 3.76. The van der Waals surface area contributed by atoms with E-state index in [1.165, 1.54) is 0 Å². The van der Waals surface area contributed by atoms with Crippen molar-refractivity contribution >= 4 is 35.6 Å². The van der Waals surface area contributed by atoms with Gasteiger partial charge in [-0.3, -0.25) is 4.79 Å². The Morgan fingerprint density at radius 3 is 2.71 bits per heavy atom. The highest BCUT2D eigenvalue weighted by molar-refractivity contribution is 6.32. The molecule has 21 heavy (non-hydrogen) atoms. The second kappa shape index (κ2) is 7.34. The van der Waals surface area contributed by atoms with Crippen molar-refractivity contribution in [2.24, 2.45) is 5.41 Å². The molecule has 1 fully saturated rings. The van der Waals surface area contributed by atoms with Gasteiger partial charge in [0.1, 0.15) is 5.75 Å². The van der Waals surface area contributed by atoms with Crippen molar-refractivity contribution in [2.75, 3.05) is 18.4 Å². The van der Waals surface area contributed by atoms with Crippen LogP contribution in [0.5, 0.6) is 5.75 Å². The van der Waals surface area contributed by atoms with E-state index in [9.17, 15) is 4.79 Å². The highest BCUT2D eigenvalue weighted by Crippen LogP contribution is 2.30. The van der Waals surface area contributed by atoms with E-state index in [-0.39, 0.29) is 29.8 Å². The Hall–Kier alpha value is -0.970. The number of carbonyl (C=O) groups excluding carboxylic acids is 1. The smallest absolute Gasteiger partial charge is 0.231 e. The van der Waals surface area contributed by atoms with Gasteiger partial charge < -0.3 is 15.4 Å². The van der Waals surface area contributed by atoms with Crippen LogP contribution >= 0.6 is 24.0 Å². The minimum Gasteiger partial charge on any atom is -0.489 e. The van der Waals surface area contributed by atoms with Crippen molar-refractivity contribution in [1.29, 1.82) is 0 Å². The van der Waals surface area contributed by atoms with E-state index >= 15 is 0 Å². The molecule has 2 N–H and O–H groups in total. The molecule has 1 heterocycles. The van der Waals surface area contributed by atoms with Crippen LogP contribution in [0.4, 0.5) is 5.69 Å². The van der Waals surface area contributed by atoms with Crippen LogP contribution in [-0.4, -0.2) is 25.1 Å². The SMILES string of the molecule is CC(C)Oc1ccc(NC(=O)C2(C)CCNC2)cc1Cl.Cl. The van der Waals surface area contributed by atoms with Crippen LogP contribution in [0, 0.1) is 5.41 Å². The Labute approximate surface area is 137 Å². The van der Waals surface area contributed by atoms with E-state index in [1.807, 2.05) is 26.8 Å². The molecule has 1 saturated heterocycles. The van der Waals surface area contributed by atoms with Crippen molar-refractivity contribution in [3.05, 3.63) is 23.2 Å². The van der Waals surface area contributed by atoms with Crippen LogP contribution in [-0.2, 0) is 4.79 Å². The number of halogens is 2. The molecule has 0 saturated carbocycles. The topological polar surface area (TPSA) is 50.4 Å². The van der Waals surface area contributed by atoms with Gasteiger partial charge in [0.25, 0.3) is 0 Å². The van der Waals surface area contributed by atoms with Gasteiger partial charge in [0.05, 0.1) is 16.5 Å². The summed E-state index contributed by atoms with van der Waals surface area (Å²) in [5.41, 5.74) is 0.351. The number of carbonyl (C=O) groups is 1. The standard InChI is InChI=1S/C15H21ClN2O2.ClH/c1-10(2)20-13-5-4-11(8-12(13)16)18-14(19)15(3)6-7-17-9-15;/h4-5,8,10,17H,6-7,9H2,1-3H3,(H,18,19);1H. The number of hydrogen-bond acceptors (Lipinski definition) is 3. The molecule has 1 unspecified atom stereocenters. The van der Waals surface area contributed by atoms with Crippen molar-refractivity contribution in [2.45, 2.75) is 33.3 Å². The molecular formula is C15H22Cl2N2O2. The molecular weight excluding hydrogens is 311 g/mol. The molecule has 0 spiro atoms. The van der Waals surface area contributed by atoms with E-state index in [4.69, 9.17) is 16.3 Å². The first-order chi connectivity index (χ1) is 9.40. The monoisotopic (exact) mass is 332 g/mol. The zero-order valence-electron chi connectivity index (χ0n) is 12.5. The molecule has 1 atom stereocenters. The zero-order chi connectivity index (χ0) is 14.8. The van der Waals surface area contributed by atoms with Crippen LogP contribution in [0.15, 0.2) is 18.2 Å². The van der Waals surface area contributed by atoms with Crippen LogP contribution in [0.25, 0.3) is 0 Å². The average Bonchev–Trinajstić information content (AvgIpc) is 2.81. The highest BCUT2D eigenvalue weighted by atomic mass is 35.5. The first kappa shape index (κ1) is 18.1. The lowest BCUT2D eigenvalue weighted by atomic mass is 9.89. The molecule has 1 aromatic rings. The second-order valence-electron chi connectivity index (χ2n) is 5.75. The number of rotatable bonds is 4. The van der Waals surface area contributed by atoms with E-state index < -0.39 is 0 Å². The number of nitrogens with one attached hydrogen (secondary N) is 2. The normalized spacial score (nSPS) is 21.0. The summed E-state index contributed by atoms with van der Waals surface area (Å²) < 4.78 is 5.57. The molecule has 1 aromatic carbocycles. The lowest BCUT2D eigenvalue weighted by molar-refractivity contribution is -0.123. The molecule has 118 valence electrons. The lowest BCUT2D eigenvalue weighted by Gasteiger charge is -2.21. The number of ether oxygens (including phenoxy) is 1. The van der Waals surface area contributed by atoms with Gasteiger partial charge >= 0.3 is 0 Å². The molecule has 1 aliphatic rings. The number of amides is 1. The number of hydrogen-bond donors (Lipinski definition) is 2. The number of benzene rings is 1. The van der Waals surface area contributed by atoms with Gasteiger partial charge in [0.15, 0.2) is 0 Å². The third-order valence-electron chi connectivity index (χ3n) is 3.47. The molecule has 0 bridgehead atoms. The summed E-state index contributed by atoms with van der Waals surface area (Å²) in [7, 11) is 0. The highest BCUT2D eigenvalue weighted by Gasteiger charge is 2.36. The molecule has 1 aliphatic heterocycles. The summed E-state index contributed by atoms with van der Waals surface area (Å²) in [6.07, 6.45) is 0.914. The lowest BCUT2D eigenvalue weighted by Crippen LogP contribution is -2.35. The van der Waals surface area contributed by atoms with Gasteiger partial charge in [0.2, 0.25) is 5.91 Å². The molecule has 0 aliphatic carbocycles. The Kier molecular flexibility index (Phi) is 6.32. The molecule has 2 rings (SSSR count). The van der Waals surface area contributed by atoms with E-state index in [0.717, 1.165) is 13.0 Å². The van der Waals surface area contributed by atoms with Crippen molar-refractivity contribution in [1.82, 2.24) is 5.32 Å². The maximum atomic E-state index is 12.3. The third kappa shape index (κ3) is 4.50. The summed E-state index contributed by atoms with van der Waals surface area (Å²) in [6, 6.07) is 5.32. The molecule has 0 aromatic heterocycles. The quantitative estimate of drug-likeness (QED) is 0.887. The van der Waals surface area contributed by atoms with Crippen LogP contribution in [0.1, 0.15) is 27.2 Å². The van der Waals surface area contributed by atoms with E-state index in [1.54, 1.807) is 12.1 Å². The van der Waals surface area contributed by atoms with Crippen LogP contribution < -0.4 is 15.4 Å². The minimum atomic E-state index is -0.348. The summed E-state index contributed by atoms with van der Waals surface area (Å²) in [5, 5.41) is 6.65. The molecule has 4 nitrogen and oxygen atoms in total. The molecule has 6 heteroatoms. The van der Waals surface area contributed by atoms with E-state index in [2.05, 4.69) is 10.6 Å². The maximum absolute atomic E-state index is 12.3. The zero-order valence-corrected chi connectivity index (χ0v) is 14.1. The Morgan fingerprint density at radius 1 is 1.48 bits per heavy atom. The van der Waals surface area contributed by atoms with E-state index in [0.29, 0.717) is 23.0 Å². The summed E-state index contributed by atoms with van der Waals surface area (Å²) in [6.45, 7) is 7.45. The minimum absolute atomic E-state index is 0. The summed E-state index contributed by atoms with van der Waals surface area (Å²) >= 11 is 6.16. The first-order valence-electron chi connectivity index (χ1n) is 6.89. The molecule has 0 radical (unpaired) electrons. The van der Waals surface area contributed by atoms with Gasteiger partial charge in [-0.1, -0.05) is 11.6 Å². The fourth-order valence-corrected chi connectivity index (χ4v) is 2.45. The first-order valence-corrected chi connectivity index (χ1v) is 7.27. The van der Waals surface area contributed by atoms with Gasteiger partial charge in [-0.05, 0) is 51.9 Å². The maximum Gasteiger partial charge on any atom is 0.231 e. The summed E-state index contributed by atoms with van der Waals surface area (Å²) in [5.74, 6) is 0.657. The van der Waals surface area contributed by atoms with Gasteiger partial charge in [-0.15, -0.1) is 12.4 Å². The van der Waals surface area contributed by atoms with Crippen LogP contribution in [0.3, 0.4) is 0 Å². The predicted molar refractivity (Wildman–Crippen MR) is 88.7 cm³/mol. The van der Waals surface area contributed by atoms with Crippen molar-refractivity contribution < 1.29 is 9.53 Å². The van der Waals surface area contributed by atoms with Crippen LogP contribution in [0.2, 0.25) is 5.02 Å². The van der Waals surface area contributed by atoms with Gasteiger partial charge in [-0.25, -0.2) is 0 Å². The number of anilines is 1. The van der Waals surface area contributed by atoms with Crippen molar-refractivity contribution in [3.8, 4) is 5.75 Å². The Bertz CT molecular complexity index is 500. The fourth-order valence-electron chi connectivity index (χ4n) is 2.22. The van der Waals surface area contributed by atoms with Crippen molar-refractivity contribution in [3.63, 3.8) is 0 Å². The Morgan fingerprint density at radius 2 is 2.19 bits per heavy atom. The van der Waals surface area contributed by atoms with Gasteiger partial charge in [-0.2, -0.15) is 0 Å².